The van der Waals surface area contributed by atoms with Crippen LogP contribution in [0, 0.1) is 17.6 Å². The number of hydrogen-bond acceptors (Lipinski definition) is 2. The van der Waals surface area contributed by atoms with Crippen molar-refractivity contribution in [2.45, 2.75) is 58.2 Å². The minimum absolute atomic E-state index is 0.410. The lowest BCUT2D eigenvalue weighted by Gasteiger charge is -2.29. The maximum absolute atomic E-state index is 13.2. The first-order valence-electron chi connectivity index (χ1n) is 8.39. The molecule has 0 bridgehead atoms. The van der Waals surface area contributed by atoms with E-state index in [0.717, 1.165) is 18.6 Å². The van der Waals surface area contributed by atoms with Gasteiger partial charge >= 0.3 is 0 Å². The van der Waals surface area contributed by atoms with Gasteiger partial charge in [0.05, 0.1) is 13.2 Å². The van der Waals surface area contributed by atoms with Crippen molar-refractivity contribution in [3.63, 3.8) is 0 Å². The lowest BCUT2D eigenvalue weighted by Crippen LogP contribution is -2.27. The maximum Gasteiger partial charge on any atom is 0.183 e. The maximum atomic E-state index is 13.2. The Bertz CT molecular complexity index is 443. The minimum atomic E-state index is -0.862. The molecule has 0 spiro atoms. The van der Waals surface area contributed by atoms with Gasteiger partial charge in [0.25, 0.3) is 0 Å². The van der Waals surface area contributed by atoms with E-state index < -0.39 is 17.9 Å². The van der Waals surface area contributed by atoms with Crippen molar-refractivity contribution in [3.8, 4) is 0 Å². The van der Waals surface area contributed by atoms with Gasteiger partial charge in [-0.3, -0.25) is 0 Å². The van der Waals surface area contributed by atoms with Crippen LogP contribution in [0.1, 0.15) is 63.7 Å². The van der Waals surface area contributed by atoms with Crippen molar-refractivity contribution >= 4 is 0 Å². The molecule has 2 rings (SSSR count). The van der Waals surface area contributed by atoms with Gasteiger partial charge < -0.3 is 9.47 Å². The Morgan fingerprint density at radius 1 is 0.955 bits per heavy atom. The van der Waals surface area contributed by atoms with Crippen LogP contribution in [0.25, 0.3) is 0 Å². The zero-order chi connectivity index (χ0) is 15.8. The molecule has 1 saturated heterocycles. The topological polar surface area (TPSA) is 18.5 Å². The van der Waals surface area contributed by atoms with Gasteiger partial charge in [-0.05, 0) is 18.6 Å². The summed E-state index contributed by atoms with van der Waals surface area (Å²) < 4.78 is 37.5. The predicted octanol–water partition coefficient (Wildman–Crippen LogP) is 5.38. The van der Waals surface area contributed by atoms with Gasteiger partial charge in [-0.2, -0.15) is 0 Å². The summed E-state index contributed by atoms with van der Waals surface area (Å²) in [5, 5.41) is 0. The van der Waals surface area contributed by atoms with Gasteiger partial charge in [0.15, 0.2) is 17.9 Å². The highest BCUT2D eigenvalue weighted by atomic mass is 19.2. The molecule has 0 saturated carbocycles. The van der Waals surface area contributed by atoms with Crippen molar-refractivity contribution in [2.75, 3.05) is 13.2 Å². The van der Waals surface area contributed by atoms with Gasteiger partial charge in [-0.25, -0.2) is 8.78 Å². The smallest absolute Gasteiger partial charge is 0.183 e. The van der Waals surface area contributed by atoms with Crippen molar-refractivity contribution in [3.05, 3.63) is 35.4 Å². The average molecular weight is 312 g/mol. The lowest BCUT2D eigenvalue weighted by atomic mass is 10.0. The van der Waals surface area contributed by atoms with E-state index >= 15 is 0 Å². The van der Waals surface area contributed by atoms with E-state index in [0.29, 0.717) is 24.7 Å². The van der Waals surface area contributed by atoms with E-state index in [1.54, 1.807) is 0 Å². The first-order valence-corrected chi connectivity index (χ1v) is 8.39. The molecule has 1 fully saturated rings. The molecule has 124 valence electrons. The zero-order valence-electron chi connectivity index (χ0n) is 13.3. The van der Waals surface area contributed by atoms with Gasteiger partial charge in [0.1, 0.15) is 0 Å². The second kappa shape index (κ2) is 9.21. The number of hydrogen-bond donors (Lipinski definition) is 0. The Morgan fingerprint density at radius 2 is 1.64 bits per heavy atom. The number of benzene rings is 1. The lowest BCUT2D eigenvalue weighted by molar-refractivity contribution is -0.206. The van der Waals surface area contributed by atoms with E-state index in [9.17, 15) is 8.78 Å². The Kier molecular flexibility index (Phi) is 7.26. The number of ether oxygens (including phenoxy) is 2. The van der Waals surface area contributed by atoms with Crippen molar-refractivity contribution in [1.29, 1.82) is 0 Å². The molecule has 0 amide bonds. The van der Waals surface area contributed by atoms with Crippen LogP contribution >= 0.6 is 0 Å². The second-order valence-corrected chi connectivity index (χ2v) is 6.09. The highest BCUT2D eigenvalue weighted by molar-refractivity contribution is 5.19. The highest BCUT2D eigenvalue weighted by Crippen LogP contribution is 2.28. The van der Waals surface area contributed by atoms with Crippen molar-refractivity contribution in [1.82, 2.24) is 0 Å². The van der Waals surface area contributed by atoms with Crippen molar-refractivity contribution in [2.24, 2.45) is 5.92 Å². The van der Waals surface area contributed by atoms with Crippen LogP contribution in [0.5, 0.6) is 0 Å². The molecule has 0 aromatic heterocycles. The molecule has 0 aliphatic carbocycles. The van der Waals surface area contributed by atoms with Crippen LogP contribution in [0.15, 0.2) is 18.2 Å². The summed E-state index contributed by atoms with van der Waals surface area (Å²) in [5.41, 5.74) is 0.539. The molecule has 2 nitrogen and oxygen atoms in total. The molecule has 1 aliphatic heterocycles. The molecule has 0 unspecified atom stereocenters. The molecular formula is C18H26F2O2. The number of halogens is 2. The van der Waals surface area contributed by atoms with Gasteiger partial charge in [-0.1, -0.05) is 51.5 Å². The first-order chi connectivity index (χ1) is 10.7. The second-order valence-electron chi connectivity index (χ2n) is 6.09. The summed E-state index contributed by atoms with van der Waals surface area (Å²) in [6, 6.07) is 3.77. The number of rotatable bonds is 8. The molecule has 22 heavy (non-hydrogen) atoms. The van der Waals surface area contributed by atoms with Crippen LogP contribution in [0.3, 0.4) is 0 Å². The summed E-state index contributed by atoms with van der Waals surface area (Å²) in [6.45, 7) is 3.47. The zero-order valence-corrected chi connectivity index (χ0v) is 13.3. The van der Waals surface area contributed by atoms with Crippen LogP contribution in [-0.4, -0.2) is 13.2 Å². The third-order valence-corrected chi connectivity index (χ3v) is 4.15. The minimum Gasteiger partial charge on any atom is -0.348 e. The van der Waals surface area contributed by atoms with Crippen molar-refractivity contribution < 1.29 is 18.3 Å². The fourth-order valence-corrected chi connectivity index (χ4v) is 2.77. The molecule has 4 heteroatoms. The Labute approximate surface area is 131 Å². The van der Waals surface area contributed by atoms with E-state index in [1.165, 1.54) is 44.6 Å². The average Bonchev–Trinajstić information content (AvgIpc) is 2.54. The van der Waals surface area contributed by atoms with E-state index in [-0.39, 0.29) is 0 Å². The SMILES string of the molecule is CCCCCCCCC1COC(c2ccc(F)c(F)c2)OC1. The first kappa shape index (κ1) is 17.4. The fourth-order valence-electron chi connectivity index (χ4n) is 2.77. The fraction of sp³-hybridized carbons (Fsp3) is 0.667. The van der Waals surface area contributed by atoms with Crippen LogP contribution in [0.2, 0.25) is 0 Å². The summed E-state index contributed by atoms with van der Waals surface area (Å²) in [7, 11) is 0. The summed E-state index contributed by atoms with van der Waals surface area (Å²) in [6.07, 6.45) is 8.24. The third-order valence-electron chi connectivity index (χ3n) is 4.15. The summed E-state index contributed by atoms with van der Waals surface area (Å²) >= 11 is 0. The van der Waals surface area contributed by atoms with Gasteiger partial charge in [0, 0.05) is 11.5 Å². The molecule has 1 aromatic rings. The molecule has 1 aromatic carbocycles. The predicted molar refractivity (Wildman–Crippen MR) is 82.5 cm³/mol. The molecule has 0 radical (unpaired) electrons. The molecule has 0 N–H and O–H groups in total. The molecule has 1 heterocycles. The van der Waals surface area contributed by atoms with Gasteiger partial charge in [0.2, 0.25) is 0 Å². The van der Waals surface area contributed by atoms with E-state index in [4.69, 9.17) is 9.47 Å². The quantitative estimate of drug-likeness (QED) is 0.600. The largest absolute Gasteiger partial charge is 0.348 e. The van der Waals surface area contributed by atoms with Gasteiger partial charge in [-0.15, -0.1) is 0 Å². The van der Waals surface area contributed by atoms with E-state index in [1.807, 2.05) is 0 Å². The highest BCUT2D eigenvalue weighted by Gasteiger charge is 2.24. The Hall–Kier alpha value is -1.00. The summed E-state index contributed by atoms with van der Waals surface area (Å²) in [4.78, 5) is 0. The molecule has 1 aliphatic rings. The normalized spacial score (nSPS) is 22.0. The monoisotopic (exact) mass is 312 g/mol. The molecular weight excluding hydrogens is 286 g/mol. The van der Waals surface area contributed by atoms with Crippen LogP contribution < -0.4 is 0 Å². The Morgan fingerprint density at radius 3 is 2.32 bits per heavy atom. The third kappa shape index (κ3) is 5.33. The van der Waals surface area contributed by atoms with Crippen LogP contribution in [-0.2, 0) is 9.47 Å². The Balaban J connectivity index is 1.66. The van der Waals surface area contributed by atoms with Crippen LogP contribution in [0.4, 0.5) is 8.78 Å². The number of unbranched alkanes of at least 4 members (excludes halogenated alkanes) is 5. The summed E-state index contributed by atoms with van der Waals surface area (Å²) in [5.74, 6) is -1.30. The standard InChI is InChI=1S/C18H26F2O2/c1-2-3-4-5-6-7-8-14-12-21-18(22-13-14)15-9-10-16(19)17(20)11-15/h9-11,14,18H,2-8,12-13H2,1H3. The molecule has 0 atom stereocenters. The van der Waals surface area contributed by atoms with E-state index in [2.05, 4.69) is 6.92 Å².